The Kier molecular flexibility index (Phi) is 9.01. The van der Waals surface area contributed by atoms with Crippen LogP contribution in [0.1, 0.15) is 80.1 Å². The van der Waals surface area contributed by atoms with Gasteiger partial charge in [0.1, 0.15) is 4.75 Å². The van der Waals surface area contributed by atoms with Crippen LogP contribution in [0.3, 0.4) is 0 Å². The Hall–Kier alpha value is -2.56. The fraction of sp³-hybridized carbons (Fsp3) is 0.469. The van der Waals surface area contributed by atoms with Gasteiger partial charge in [-0.25, -0.2) is 9.67 Å². The molecule has 0 saturated carbocycles. The highest BCUT2D eigenvalue weighted by Gasteiger charge is 2.37. The number of hydrogen-bond acceptors (Lipinski definition) is 6. The van der Waals surface area contributed by atoms with Gasteiger partial charge in [0.05, 0.1) is 42.8 Å². The molecule has 0 bridgehead atoms. The molecular formula is C32H45N5O2SSi. The molecule has 0 aliphatic carbocycles. The predicted octanol–water partition coefficient (Wildman–Crippen LogP) is 7.90. The summed E-state index contributed by atoms with van der Waals surface area (Å²) in [4.78, 5) is 9.79. The Labute approximate surface area is 251 Å². The molecule has 41 heavy (non-hydrogen) atoms. The van der Waals surface area contributed by atoms with Crippen LogP contribution >= 0.6 is 0 Å². The number of hydrogen-bond donors (Lipinski definition) is 1. The summed E-state index contributed by atoms with van der Waals surface area (Å²) in [6.07, 6.45) is 3.07. The summed E-state index contributed by atoms with van der Waals surface area (Å²) in [6.45, 7) is 19.4. The molecule has 3 aromatic heterocycles. The molecule has 220 valence electrons. The molecule has 0 aliphatic rings. The van der Waals surface area contributed by atoms with Gasteiger partial charge in [-0.3, -0.25) is 4.98 Å². The van der Waals surface area contributed by atoms with E-state index in [0.29, 0.717) is 18.7 Å². The van der Waals surface area contributed by atoms with Crippen molar-refractivity contribution >= 4 is 30.6 Å². The average molecular weight is 593 g/mol. The van der Waals surface area contributed by atoms with E-state index in [9.17, 15) is 5.92 Å². The Morgan fingerprint density at radius 2 is 1.78 bits per heavy atom. The van der Waals surface area contributed by atoms with E-state index in [-0.39, 0.29) is 5.04 Å². The molecule has 0 amide bonds. The van der Waals surface area contributed by atoms with Crippen LogP contribution in [0.5, 0.6) is 0 Å². The second-order valence-corrected chi connectivity index (χ2v) is 19.8. The van der Waals surface area contributed by atoms with Crippen LogP contribution in [-0.4, -0.2) is 37.4 Å². The zero-order chi connectivity index (χ0) is 30.9. The van der Waals surface area contributed by atoms with Crippen molar-refractivity contribution in [1.82, 2.24) is 24.5 Å². The Morgan fingerprint density at radius 3 is 2.46 bits per heavy atom. The van der Waals surface area contributed by atoms with Gasteiger partial charge < -0.3 is 8.98 Å². The molecule has 0 radical (unpaired) electrons. The molecule has 0 spiro atoms. The van der Waals surface area contributed by atoms with Crippen molar-refractivity contribution in [1.29, 1.82) is 0 Å². The normalized spacial score (nSPS) is 15.5. The van der Waals surface area contributed by atoms with E-state index >= 15 is 0 Å². The minimum absolute atomic E-state index is 0.125. The van der Waals surface area contributed by atoms with E-state index in [1.54, 1.807) is 0 Å². The van der Waals surface area contributed by atoms with Crippen LogP contribution < -0.4 is 4.72 Å². The average Bonchev–Trinajstić information content (AvgIpc) is 3.34. The molecule has 1 aromatic carbocycles. The zero-order valence-corrected chi connectivity index (χ0v) is 27.7. The molecule has 1 unspecified atom stereocenters. The van der Waals surface area contributed by atoms with E-state index < -0.39 is 30.4 Å². The third-order valence-corrected chi connectivity index (χ3v) is 13.6. The summed E-state index contributed by atoms with van der Waals surface area (Å²) in [5.74, 6) is 0.724. The van der Waals surface area contributed by atoms with Crippen LogP contribution in [0.25, 0.3) is 28.0 Å². The van der Waals surface area contributed by atoms with Crippen molar-refractivity contribution in [2.24, 2.45) is 0 Å². The topological polar surface area (TPSA) is 87.9 Å². The van der Waals surface area contributed by atoms with E-state index in [1.807, 2.05) is 87.1 Å². The predicted molar refractivity (Wildman–Crippen MR) is 173 cm³/mol. The van der Waals surface area contributed by atoms with Crippen molar-refractivity contribution in [3.63, 3.8) is 0 Å². The molecule has 0 fully saturated rings. The third kappa shape index (κ3) is 7.45. The lowest BCUT2D eigenvalue weighted by atomic mass is 10.1. The van der Waals surface area contributed by atoms with Crippen molar-refractivity contribution in [3.05, 3.63) is 72.2 Å². The molecule has 4 aromatic rings. The maximum atomic E-state index is 13.0. The van der Waals surface area contributed by atoms with Gasteiger partial charge in [0.2, 0.25) is 0 Å². The summed E-state index contributed by atoms with van der Waals surface area (Å²) in [5, 5.41) is 5.77. The lowest BCUT2D eigenvalue weighted by molar-refractivity contribution is 0.272. The first kappa shape index (κ1) is 29.9. The highest BCUT2D eigenvalue weighted by Crippen LogP contribution is 2.37. The first-order valence-electron chi connectivity index (χ1n) is 14.8. The molecular weight excluding hydrogens is 547 g/mol. The van der Waals surface area contributed by atoms with E-state index in [4.69, 9.17) is 14.4 Å². The summed E-state index contributed by atoms with van der Waals surface area (Å²) < 4.78 is 33.0. The van der Waals surface area contributed by atoms with Gasteiger partial charge in [-0.15, -0.1) is 4.72 Å². The van der Waals surface area contributed by atoms with Crippen LogP contribution in [-0.2, 0) is 22.4 Å². The minimum Gasteiger partial charge on any atom is -0.598 e. The zero-order valence-electron chi connectivity index (χ0n) is 26.9. The first-order valence-corrected chi connectivity index (χ1v) is 18.4. The van der Waals surface area contributed by atoms with E-state index in [0.717, 1.165) is 40.1 Å². The highest BCUT2D eigenvalue weighted by atomic mass is 32.2. The number of fused-ring (bicyclic) bond motifs is 1. The lowest BCUT2D eigenvalue weighted by Crippen LogP contribution is -2.41. The minimum atomic E-state index is -1.91. The van der Waals surface area contributed by atoms with Gasteiger partial charge in [-0.05, 0) is 75.7 Å². The van der Waals surface area contributed by atoms with Crippen LogP contribution in [0.15, 0.2) is 60.8 Å². The second-order valence-electron chi connectivity index (χ2n) is 13.0. The molecule has 1 N–H and O–H groups in total. The molecule has 3 heterocycles. The number of nitrogens with zero attached hydrogens (tertiary/aromatic N) is 4. The second kappa shape index (κ2) is 12.4. The lowest BCUT2D eigenvalue weighted by Gasteiger charge is -2.36. The van der Waals surface area contributed by atoms with Gasteiger partial charge in [-0.2, -0.15) is 5.10 Å². The van der Waals surface area contributed by atoms with Crippen molar-refractivity contribution in [2.75, 3.05) is 0 Å². The number of aromatic nitrogens is 4. The molecule has 7 nitrogen and oxygen atoms in total. The maximum absolute atomic E-state index is 13.0. The van der Waals surface area contributed by atoms with Crippen LogP contribution in [0.2, 0.25) is 18.1 Å². The maximum Gasteiger partial charge on any atom is 0.192 e. The number of pyridine rings is 2. The molecule has 4 rings (SSSR count). The van der Waals surface area contributed by atoms with Gasteiger partial charge in [0, 0.05) is 22.3 Å². The Morgan fingerprint density at radius 1 is 1.05 bits per heavy atom. The quantitative estimate of drug-likeness (QED) is 0.149. The molecule has 9 heteroatoms. The van der Waals surface area contributed by atoms with Crippen LogP contribution in [0.4, 0.5) is 0 Å². The first-order chi connectivity index (χ1) is 19.5. The summed E-state index contributed by atoms with van der Waals surface area (Å²) in [6, 6.07) is 16.5. The molecule has 2 atom stereocenters. The molecule has 0 saturated heterocycles. The van der Waals surface area contributed by atoms with Gasteiger partial charge >= 0.3 is 0 Å². The fourth-order valence-electron chi connectivity index (χ4n) is 4.01. The standard InChI is InChI=1S/C32H45N5O2SSi/c1-10-13-28(36-40(38)31(2,3)4)27-16-12-15-26(35-27)23-18-19-24-21-33-37(29(24)20-23)30-17-11-14-25(34-30)22-39-41(8,9)32(5,6)7/h11-12,14-21,28,36H,10,13,22H2,1-9H3/t28-,40?/m0/s1/i28D. The number of rotatable bonds is 10. The van der Waals surface area contributed by atoms with Gasteiger partial charge in [0.25, 0.3) is 0 Å². The van der Waals surface area contributed by atoms with E-state index in [2.05, 4.69) is 49.8 Å². The monoisotopic (exact) mass is 592 g/mol. The third-order valence-electron chi connectivity index (χ3n) is 7.59. The Balaban J connectivity index is 1.66. The van der Waals surface area contributed by atoms with E-state index in [1.165, 1.54) is 0 Å². The Bertz CT molecular complexity index is 1530. The van der Waals surface area contributed by atoms with Crippen molar-refractivity contribution in [2.45, 2.75) is 96.8 Å². The molecule has 0 aliphatic heterocycles. The van der Waals surface area contributed by atoms with Gasteiger partial charge in [-0.1, -0.05) is 58.4 Å². The number of benzene rings is 1. The summed E-state index contributed by atoms with van der Waals surface area (Å²) in [7, 11) is -1.91. The van der Waals surface area contributed by atoms with Crippen molar-refractivity contribution in [3.8, 4) is 17.1 Å². The summed E-state index contributed by atoms with van der Waals surface area (Å²) >= 11 is -1.41. The van der Waals surface area contributed by atoms with Crippen molar-refractivity contribution < 1.29 is 10.3 Å². The SMILES string of the molecule is [2H][C@@](CCC)(N[S+]([O-])C(C)(C)C)c1cccc(-c2ccc3cnn(-c4cccc(CO[Si](C)(C)C(C)(C)C)n4)c3c2)n1. The number of nitrogens with one attached hydrogen (secondary N) is 1. The smallest absolute Gasteiger partial charge is 0.192 e. The van der Waals surface area contributed by atoms with Crippen LogP contribution in [0, 0.1) is 0 Å². The van der Waals surface area contributed by atoms with Gasteiger partial charge in [0.15, 0.2) is 14.1 Å². The fourth-order valence-corrected chi connectivity index (χ4v) is 5.68. The highest BCUT2D eigenvalue weighted by molar-refractivity contribution is 7.90. The largest absolute Gasteiger partial charge is 0.598 e. The summed E-state index contributed by atoms with van der Waals surface area (Å²) in [5.41, 5.74) is 3.97.